The molecule has 2 aliphatic rings. The second kappa shape index (κ2) is 8.33. The highest BCUT2D eigenvalue weighted by Crippen LogP contribution is 2.33. The molecule has 4 rings (SSSR count). The van der Waals surface area contributed by atoms with E-state index in [2.05, 4.69) is 11.5 Å². The fourth-order valence-electron chi connectivity index (χ4n) is 3.31. The molecule has 0 saturated carbocycles. The Kier molecular flexibility index (Phi) is 5.80. The molecular weight excluding hydrogens is 424 g/mol. The SMILES string of the molecule is C=CCN1C(=O)C(=Cc2c(N3CCSCC3)nc3ccc(C)cn3c2=O)SC1=S. The van der Waals surface area contributed by atoms with Crippen molar-refractivity contribution in [2.75, 3.05) is 36.0 Å². The third-order valence-electron chi connectivity index (χ3n) is 4.76. The van der Waals surface area contributed by atoms with E-state index in [0.29, 0.717) is 32.8 Å². The van der Waals surface area contributed by atoms with Gasteiger partial charge in [-0.2, -0.15) is 11.8 Å². The van der Waals surface area contributed by atoms with E-state index in [1.165, 1.54) is 16.7 Å². The van der Waals surface area contributed by atoms with Crippen LogP contribution in [0.4, 0.5) is 5.82 Å². The molecule has 150 valence electrons. The Bertz CT molecular complexity index is 1100. The third kappa shape index (κ3) is 3.86. The van der Waals surface area contributed by atoms with Crippen LogP contribution >= 0.6 is 35.7 Å². The third-order valence-corrected chi connectivity index (χ3v) is 7.08. The van der Waals surface area contributed by atoms with Crippen molar-refractivity contribution < 1.29 is 4.79 Å². The molecule has 0 radical (unpaired) electrons. The van der Waals surface area contributed by atoms with Gasteiger partial charge < -0.3 is 4.90 Å². The van der Waals surface area contributed by atoms with Crippen molar-refractivity contribution in [3.8, 4) is 0 Å². The number of carbonyl (C=O) groups is 1. The monoisotopic (exact) mass is 444 g/mol. The molecule has 0 atom stereocenters. The van der Waals surface area contributed by atoms with Crippen LogP contribution in [0, 0.1) is 6.92 Å². The zero-order valence-corrected chi connectivity index (χ0v) is 18.4. The predicted octanol–water partition coefficient (Wildman–Crippen LogP) is 2.94. The van der Waals surface area contributed by atoms with Crippen LogP contribution in [0.25, 0.3) is 11.7 Å². The number of carbonyl (C=O) groups excluding carboxylic acids is 1. The summed E-state index contributed by atoms with van der Waals surface area (Å²) in [5, 5.41) is 0. The lowest BCUT2D eigenvalue weighted by Gasteiger charge is -2.28. The van der Waals surface area contributed by atoms with Gasteiger partial charge in [-0.25, -0.2) is 4.98 Å². The molecule has 4 heterocycles. The van der Waals surface area contributed by atoms with E-state index < -0.39 is 0 Å². The number of fused-ring (bicyclic) bond motifs is 1. The molecule has 0 unspecified atom stereocenters. The van der Waals surface area contributed by atoms with Crippen molar-refractivity contribution in [1.29, 1.82) is 0 Å². The molecule has 0 aromatic carbocycles. The highest BCUT2D eigenvalue weighted by molar-refractivity contribution is 8.26. The highest BCUT2D eigenvalue weighted by atomic mass is 32.2. The molecule has 2 fully saturated rings. The number of thioether (sulfide) groups is 2. The Hall–Kier alpha value is -2.10. The Labute approximate surface area is 182 Å². The first kappa shape index (κ1) is 20.2. The fourth-order valence-corrected chi connectivity index (χ4v) is 5.47. The summed E-state index contributed by atoms with van der Waals surface area (Å²) < 4.78 is 2.02. The minimum absolute atomic E-state index is 0.180. The smallest absolute Gasteiger partial charge is 0.267 e. The van der Waals surface area contributed by atoms with Crippen LogP contribution in [-0.4, -0.2) is 55.7 Å². The van der Waals surface area contributed by atoms with E-state index in [-0.39, 0.29) is 11.5 Å². The number of amides is 1. The molecule has 2 aromatic heterocycles. The summed E-state index contributed by atoms with van der Waals surface area (Å²) in [5.74, 6) is 2.40. The van der Waals surface area contributed by atoms with Gasteiger partial charge in [0, 0.05) is 37.3 Å². The number of hydrogen-bond donors (Lipinski definition) is 0. The normalized spacial score (nSPS) is 18.9. The molecule has 2 aromatic rings. The summed E-state index contributed by atoms with van der Waals surface area (Å²) in [6.07, 6.45) is 5.07. The Morgan fingerprint density at radius 1 is 1.28 bits per heavy atom. The number of rotatable bonds is 4. The first-order valence-electron chi connectivity index (χ1n) is 9.21. The topological polar surface area (TPSA) is 57.9 Å². The minimum atomic E-state index is -0.200. The van der Waals surface area contributed by atoms with Gasteiger partial charge in [0.2, 0.25) is 0 Å². The van der Waals surface area contributed by atoms with Crippen molar-refractivity contribution in [2.45, 2.75) is 6.92 Å². The maximum atomic E-state index is 13.4. The molecule has 0 aliphatic carbocycles. The van der Waals surface area contributed by atoms with Gasteiger partial charge >= 0.3 is 0 Å². The van der Waals surface area contributed by atoms with Gasteiger partial charge in [-0.05, 0) is 24.6 Å². The molecule has 0 spiro atoms. The largest absolute Gasteiger partial charge is 0.354 e. The van der Waals surface area contributed by atoms with Crippen molar-refractivity contribution in [3.05, 3.63) is 57.4 Å². The first-order valence-corrected chi connectivity index (χ1v) is 11.6. The molecular formula is C20H20N4O2S3. The van der Waals surface area contributed by atoms with Gasteiger partial charge in [0.25, 0.3) is 11.5 Å². The highest BCUT2D eigenvalue weighted by Gasteiger charge is 2.32. The van der Waals surface area contributed by atoms with E-state index in [1.54, 1.807) is 22.7 Å². The Balaban J connectivity index is 1.88. The molecule has 29 heavy (non-hydrogen) atoms. The number of nitrogens with zero attached hydrogens (tertiary/aromatic N) is 4. The maximum Gasteiger partial charge on any atom is 0.267 e. The van der Waals surface area contributed by atoms with Crippen molar-refractivity contribution >= 4 is 63.5 Å². The van der Waals surface area contributed by atoms with E-state index in [0.717, 1.165) is 30.2 Å². The summed E-state index contributed by atoms with van der Waals surface area (Å²) in [4.78, 5) is 35.0. The lowest BCUT2D eigenvalue weighted by Crippen LogP contribution is -2.36. The van der Waals surface area contributed by atoms with Crippen molar-refractivity contribution in [1.82, 2.24) is 14.3 Å². The number of aryl methyl sites for hydroxylation is 1. The zero-order chi connectivity index (χ0) is 20.5. The number of anilines is 1. The standard InChI is InChI=1S/C20H20N4O2S3/c1-3-6-23-19(26)15(29-20(23)27)11-14-17(22-7-9-28-10-8-22)21-16-5-4-13(2)12-24(16)18(14)25/h3-5,11-12H,1,6-10H2,2H3. The second-order valence-corrected chi connectivity index (χ2v) is 9.67. The number of thiocarbonyl (C=S) groups is 1. The Morgan fingerprint density at radius 2 is 2.03 bits per heavy atom. The summed E-state index contributed by atoms with van der Waals surface area (Å²) in [6, 6.07) is 3.80. The lowest BCUT2D eigenvalue weighted by atomic mass is 10.2. The number of aromatic nitrogens is 2. The molecule has 1 amide bonds. The summed E-state index contributed by atoms with van der Waals surface area (Å²) in [5.41, 5.74) is 1.82. The average molecular weight is 445 g/mol. The molecule has 9 heteroatoms. The molecule has 6 nitrogen and oxygen atoms in total. The fraction of sp³-hybridized carbons (Fsp3) is 0.300. The zero-order valence-electron chi connectivity index (χ0n) is 16.0. The van der Waals surface area contributed by atoms with Crippen LogP contribution in [0.5, 0.6) is 0 Å². The Morgan fingerprint density at radius 3 is 2.76 bits per heavy atom. The van der Waals surface area contributed by atoms with Crippen molar-refractivity contribution in [3.63, 3.8) is 0 Å². The minimum Gasteiger partial charge on any atom is -0.354 e. The average Bonchev–Trinajstić information content (AvgIpc) is 2.99. The first-order chi connectivity index (χ1) is 14.0. The van der Waals surface area contributed by atoms with Gasteiger partial charge in [0.15, 0.2) is 0 Å². The molecule has 0 bridgehead atoms. The number of pyridine rings is 1. The quantitative estimate of drug-likeness (QED) is 0.408. The molecule has 2 saturated heterocycles. The van der Waals surface area contributed by atoms with Crippen LogP contribution in [-0.2, 0) is 4.79 Å². The van der Waals surface area contributed by atoms with E-state index >= 15 is 0 Å². The van der Waals surface area contributed by atoms with Crippen LogP contribution in [0.2, 0.25) is 0 Å². The van der Waals surface area contributed by atoms with Gasteiger partial charge in [-0.1, -0.05) is 36.1 Å². The van der Waals surface area contributed by atoms with Crippen LogP contribution < -0.4 is 10.5 Å². The summed E-state index contributed by atoms with van der Waals surface area (Å²) >= 11 is 8.43. The van der Waals surface area contributed by atoms with Crippen molar-refractivity contribution in [2.24, 2.45) is 0 Å². The lowest BCUT2D eigenvalue weighted by molar-refractivity contribution is -0.121. The summed E-state index contributed by atoms with van der Waals surface area (Å²) in [6.45, 7) is 7.60. The van der Waals surface area contributed by atoms with Crippen LogP contribution in [0.15, 0.2) is 40.7 Å². The van der Waals surface area contributed by atoms with E-state index in [9.17, 15) is 9.59 Å². The predicted molar refractivity (Wildman–Crippen MR) is 126 cm³/mol. The van der Waals surface area contributed by atoms with Crippen LogP contribution in [0.3, 0.4) is 0 Å². The summed E-state index contributed by atoms with van der Waals surface area (Å²) in [7, 11) is 0. The number of hydrogen-bond acceptors (Lipinski definition) is 7. The van der Waals surface area contributed by atoms with Gasteiger partial charge in [-0.15, -0.1) is 6.58 Å². The molecule has 2 aliphatic heterocycles. The van der Waals surface area contributed by atoms with E-state index in [4.69, 9.17) is 17.2 Å². The van der Waals surface area contributed by atoms with Crippen LogP contribution in [0.1, 0.15) is 11.1 Å². The maximum absolute atomic E-state index is 13.4. The van der Waals surface area contributed by atoms with Gasteiger partial charge in [0.05, 0.1) is 10.5 Å². The van der Waals surface area contributed by atoms with Gasteiger partial charge in [-0.3, -0.25) is 18.9 Å². The second-order valence-electron chi connectivity index (χ2n) is 6.77. The van der Waals surface area contributed by atoms with E-state index in [1.807, 2.05) is 30.8 Å². The van der Waals surface area contributed by atoms with Gasteiger partial charge in [0.1, 0.15) is 15.8 Å². The molecule has 0 N–H and O–H groups in total.